The fraction of sp³-hybridized carbons (Fsp3) is 1.00. The average molecular weight is 225 g/mol. The van der Waals surface area contributed by atoms with Crippen molar-refractivity contribution in [2.24, 2.45) is 0 Å². The summed E-state index contributed by atoms with van der Waals surface area (Å²) in [6, 6.07) is 0.0778. The smallest absolute Gasteiger partial charge is 0.390 e. The predicted molar refractivity (Wildman–Crippen MR) is 51.6 cm³/mol. The molecular weight excluding hydrogens is 207 g/mol. The Balaban J connectivity index is 2.38. The molecule has 0 saturated heterocycles. The molecule has 1 rings (SSSR count). The Morgan fingerprint density at radius 3 is 2.13 bits per heavy atom. The van der Waals surface area contributed by atoms with E-state index in [0.29, 0.717) is 13.0 Å². The zero-order valence-corrected chi connectivity index (χ0v) is 9.14. The molecule has 0 atom stereocenters. The lowest BCUT2D eigenvalue weighted by molar-refractivity contribution is -0.148. The molecule has 0 amide bonds. The Bertz CT molecular complexity index is 206. The van der Waals surface area contributed by atoms with Crippen LogP contribution in [-0.4, -0.2) is 40.9 Å². The molecule has 90 valence electrons. The van der Waals surface area contributed by atoms with Crippen LogP contribution >= 0.6 is 0 Å². The van der Waals surface area contributed by atoms with Crippen LogP contribution in [0.2, 0.25) is 0 Å². The third kappa shape index (κ3) is 5.99. The molecule has 0 unspecified atom stereocenters. The average Bonchev–Trinajstić information content (AvgIpc) is 2.75. The minimum Gasteiger partial charge on any atom is -0.390 e. The second-order valence-electron chi connectivity index (χ2n) is 4.88. The van der Waals surface area contributed by atoms with Crippen LogP contribution < -0.4 is 0 Å². The van der Waals surface area contributed by atoms with E-state index in [1.54, 1.807) is 13.8 Å². The van der Waals surface area contributed by atoms with Gasteiger partial charge in [0.2, 0.25) is 0 Å². The van der Waals surface area contributed by atoms with Crippen molar-refractivity contribution >= 4 is 0 Å². The van der Waals surface area contributed by atoms with Crippen LogP contribution in [0.25, 0.3) is 0 Å². The third-order valence-electron chi connectivity index (χ3n) is 2.46. The molecule has 1 aliphatic carbocycles. The summed E-state index contributed by atoms with van der Waals surface area (Å²) < 4.78 is 36.6. The first-order valence-electron chi connectivity index (χ1n) is 5.20. The monoisotopic (exact) mass is 225 g/mol. The highest BCUT2D eigenvalue weighted by atomic mass is 19.4. The van der Waals surface area contributed by atoms with Gasteiger partial charge in [-0.1, -0.05) is 0 Å². The molecule has 0 spiro atoms. The van der Waals surface area contributed by atoms with Crippen molar-refractivity contribution in [3.63, 3.8) is 0 Å². The number of halogens is 3. The molecule has 0 aromatic rings. The molecular formula is C10H18F3NO. The SMILES string of the molecule is CC(C)(O)CCN(CC(F)(F)F)C1CC1. The maximum Gasteiger partial charge on any atom is 0.401 e. The topological polar surface area (TPSA) is 23.5 Å². The molecule has 0 bridgehead atoms. The van der Waals surface area contributed by atoms with E-state index in [9.17, 15) is 18.3 Å². The van der Waals surface area contributed by atoms with Crippen LogP contribution in [0.1, 0.15) is 33.1 Å². The lowest BCUT2D eigenvalue weighted by Crippen LogP contribution is -2.39. The fourth-order valence-electron chi connectivity index (χ4n) is 1.48. The number of hydrogen-bond acceptors (Lipinski definition) is 2. The highest BCUT2D eigenvalue weighted by Crippen LogP contribution is 2.30. The van der Waals surface area contributed by atoms with Crippen LogP contribution in [0.4, 0.5) is 13.2 Å². The number of hydrogen-bond donors (Lipinski definition) is 1. The zero-order chi connectivity index (χ0) is 11.7. The summed E-state index contributed by atoms with van der Waals surface area (Å²) in [7, 11) is 0. The van der Waals surface area contributed by atoms with Crippen molar-refractivity contribution < 1.29 is 18.3 Å². The van der Waals surface area contributed by atoms with Gasteiger partial charge >= 0.3 is 6.18 Å². The Hall–Kier alpha value is -0.290. The molecule has 0 heterocycles. The van der Waals surface area contributed by atoms with Crippen LogP contribution in [-0.2, 0) is 0 Å². The van der Waals surface area contributed by atoms with Crippen LogP contribution in [0.15, 0.2) is 0 Å². The minimum absolute atomic E-state index is 0.0778. The van der Waals surface area contributed by atoms with Gasteiger partial charge in [0, 0.05) is 12.6 Å². The summed E-state index contributed by atoms with van der Waals surface area (Å²) >= 11 is 0. The first kappa shape index (κ1) is 12.8. The molecule has 0 aromatic carbocycles. The van der Waals surface area contributed by atoms with Gasteiger partial charge in [0.05, 0.1) is 12.1 Å². The molecule has 0 radical (unpaired) electrons. The zero-order valence-electron chi connectivity index (χ0n) is 9.14. The van der Waals surface area contributed by atoms with Gasteiger partial charge in [0.25, 0.3) is 0 Å². The van der Waals surface area contributed by atoms with Crippen molar-refractivity contribution in [3.05, 3.63) is 0 Å². The second-order valence-corrected chi connectivity index (χ2v) is 4.88. The summed E-state index contributed by atoms with van der Waals surface area (Å²) in [5.74, 6) is 0. The molecule has 1 fully saturated rings. The van der Waals surface area contributed by atoms with Crippen molar-refractivity contribution in [2.75, 3.05) is 13.1 Å². The molecule has 1 saturated carbocycles. The van der Waals surface area contributed by atoms with E-state index in [1.807, 2.05) is 0 Å². The van der Waals surface area contributed by atoms with Gasteiger partial charge in [-0.2, -0.15) is 13.2 Å². The summed E-state index contributed by atoms with van der Waals surface area (Å²) in [4.78, 5) is 1.43. The molecule has 0 aliphatic heterocycles. The van der Waals surface area contributed by atoms with Crippen molar-refractivity contribution in [1.29, 1.82) is 0 Å². The third-order valence-corrected chi connectivity index (χ3v) is 2.46. The van der Waals surface area contributed by atoms with Gasteiger partial charge in [0.1, 0.15) is 0 Å². The van der Waals surface area contributed by atoms with E-state index in [0.717, 1.165) is 12.8 Å². The second kappa shape index (κ2) is 4.29. The van der Waals surface area contributed by atoms with Gasteiger partial charge in [0.15, 0.2) is 0 Å². The van der Waals surface area contributed by atoms with E-state index >= 15 is 0 Å². The highest BCUT2D eigenvalue weighted by molar-refractivity contribution is 4.86. The molecule has 0 aromatic heterocycles. The standard InChI is InChI=1S/C10H18F3NO/c1-9(2,15)5-6-14(8-3-4-8)7-10(11,12)13/h8,15H,3-7H2,1-2H3. The lowest BCUT2D eigenvalue weighted by Gasteiger charge is -2.26. The highest BCUT2D eigenvalue weighted by Gasteiger charge is 2.38. The molecule has 2 nitrogen and oxygen atoms in total. The summed E-state index contributed by atoms with van der Waals surface area (Å²) in [5.41, 5.74) is -0.890. The van der Waals surface area contributed by atoms with E-state index < -0.39 is 18.3 Å². The lowest BCUT2D eigenvalue weighted by atomic mass is 10.1. The number of aliphatic hydroxyl groups is 1. The van der Waals surface area contributed by atoms with Crippen molar-refractivity contribution in [3.8, 4) is 0 Å². The summed E-state index contributed by atoms with van der Waals surface area (Å²) in [6.45, 7) is 2.69. The summed E-state index contributed by atoms with van der Waals surface area (Å²) in [5, 5.41) is 9.46. The largest absolute Gasteiger partial charge is 0.401 e. The fourth-order valence-corrected chi connectivity index (χ4v) is 1.48. The predicted octanol–water partition coefficient (Wildman–Crippen LogP) is 2.17. The first-order valence-corrected chi connectivity index (χ1v) is 5.20. The minimum atomic E-state index is -4.14. The molecule has 15 heavy (non-hydrogen) atoms. The maximum atomic E-state index is 12.2. The molecule has 1 aliphatic rings. The van der Waals surface area contributed by atoms with Gasteiger partial charge in [-0.15, -0.1) is 0 Å². The van der Waals surface area contributed by atoms with Crippen molar-refractivity contribution in [1.82, 2.24) is 4.90 Å². The number of alkyl halides is 3. The van der Waals surface area contributed by atoms with Gasteiger partial charge in [-0.05, 0) is 33.1 Å². The van der Waals surface area contributed by atoms with Gasteiger partial charge in [-0.25, -0.2) is 0 Å². The first-order chi connectivity index (χ1) is 6.67. The Morgan fingerprint density at radius 2 is 1.80 bits per heavy atom. The van der Waals surface area contributed by atoms with Crippen LogP contribution in [0.3, 0.4) is 0 Å². The van der Waals surface area contributed by atoms with E-state index in [2.05, 4.69) is 0 Å². The maximum absolute atomic E-state index is 12.2. The molecule has 1 N–H and O–H groups in total. The summed E-state index contributed by atoms with van der Waals surface area (Å²) in [6.07, 6.45) is -2.06. The van der Waals surface area contributed by atoms with Gasteiger partial charge in [-0.3, -0.25) is 4.90 Å². The quantitative estimate of drug-likeness (QED) is 0.775. The van der Waals surface area contributed by atoms with E-state index in [-0.39, 0.29) is 6.04 Å². The Kier molecular flexibility index (Phi) is 3.66. The van der Waals surface area contributed by atoms with Crippen LogP contribution in [0, 0.1) is 0 Å². The number of rotatable bonds is 5. The van der Waals surface area contributed by atoms with E-state index in [1.165, 1.54) is 4.90 Å². The number of nitrogens with zero attached hydrogens (tertiary/aromatic N) is 1. The molecule has 5 heteroatoms. The Labute approximate surface area is 88.1 Å². The Morgan fingerprint density at radius 1 is 1.27 bits per heavy atom. The van der Waals surface area contributed by atoms with Gasteiger partial charge < -0.3 is 5.11 Å². The van der Waals surface area contributed by atoms with E-state index in [4.69, 9.17) is 0 Å². The van der Waals surface area contributed by atoms with Crippen molar-refractivity contribution in [2.45, 2.75) is 50.9 Å². The normalized spacial score (nSPS) is 18.6. The van der Waals surface area contributed by atoms with Crippen LogP contribution in [0.5, 0.6) is 0 Å².